The second-order valence-corrected chi connectivity index (χ2v) is 7.07. The van der Waals surface area contributed by atoms with Crippen LogP contribution < -0.4 is 4.57 Å². The average molecular weight is 308 g/mol. The molecule has 0 aliphatic carbocycles. The lowest BCUT2D eigenvalue weighted by Crippen LogP contribution is -2.39. The van der Waals surface area contributed by atoms with E-state index in [0.717, 1.165) is 0 Å². The van der Waals surface area contributed by atoms with Gasteiger partial charge in [-0.3, -0.25) is 0 Å². The minimum atomic E-state index is 0.554. The number of nitrogens with one attached hydrogen (secondary N) is 1. The summed E-state index contributed by atoms with van der Waals surface area (Å²) in [6.45, 7) is 9.15. The lowest BCUT2D eigenvalue weighted by atomic mass is 9.96. The van der Waals surface area contributed by atoms with Crippen molar-refractivity contribution in [3.8, 4) is 0 Å². The Hall–Kier alpha value is -0.790. The molecule has 0 unspecified atom stereocenters. The maximum absolute atomic E-state index is 3.48. The summed E-state index contributed by atoms with van der Waals surface area (Å²) in [5.74, 6) is 2.12. The van der Waals surface area contributed by atoms with Gasteiger partial charge in [-0.15, -0.1) is 0 Å². The van der Waals surface area contributed by atoms with Crippen molar-refractivity contribution in [2.75, 3.05) is 0 Å². The normalized spacial score (nSPS) is 13.0. The molecule has 2 nitrogen and oxygen atoms in total. The van der Waals surface area contributed by atoms with E-state index in [4.69, 9.17) is 0 Å². The van der Waals surface area contributed by atoms with Gasteiger partial charge in [0.15, 0.2) is 0 Å². The van der Waals surface area contributed by atoms with Crippen LogP contribution in [-0.4, -0.2) is 4.98 Å². The van der Waals surface area contributed by atoms with Crippen LogP contribution in [0, 0.1) is 0 Å². The van der Waals surface area contributed by atoms with Gasteiger partial charge in [0.2, 0.25) is 0 Å². The van der Waals surface area contributed by atoms with Crippen molar-refractivity contribution < 1.29 is 4.57 Å². The van der Waals surface area contributed by atoms with Gasteiger partial charge in [0.05, 0.1) is 12.0 Å². The quantitative estimate of drug-likeness (QED) is 0.326. The minimum absolute atomic E-state index is 0.554. The van der Waals surface area contributed by atoms with Gasteiger partial charge in [-0.2, -0.15) is 0 Å². The van der Waals surface area contributed by atoms with E-state index >= 15 is 0 Å². The largest absolute Gasteiger partial charge is 0.257 e. The van der Waals surface area contributed by atoms with Gasteiger partial charge in [0.1, 0.15) is 12.4 Å². The predicted molar refractivity (Wildman–Crippen MR) is 96.2 cm³/mol. The highest BCUT2D eigenvalue weighted by Crippen LogP contribution is 2.23. The molecule has 0 amide bonds. The minimum Gasteiger partial charge on any atom is -0.247 e. The molecule has 22 heavy (non-hydrogen) atoms. The van der Waals surface area contributed by atoms with Crippen molar-refractivity contribution in [1.82, 2.24) is 4.98 Å². The third kappa shape index (κ3) is 6.98. The molecule has 0 bridgehead atoms. The summed E-state index contributed by atoms with van der Waals surface area (Å²) in [6, 6.07) is 0.554. The lowest BCUT2D eigenvalue weighted by molar-refractivity contribution is -0.723. The van der Waals surface area contributed by atoms with Crippen LogP contribution >= 0.6 is 0 Å². The standard InChI is InChI=1S/C20H38N2/c1-5-7-8-9-10-11-12-13-14-15-19(6-2)20-21-16-17-22(20)18(3)4/h16-19H,5-15H2,1-4H3/p+1/t19-/m0/s1. The molecule has 0 saturated carbocycles. The SMILES string of the molecule is CCCCCCCCCCC[C@H](CC)c1[nH]cc[n+]1C(C)C. The molecule has 1 aromatic heterocycles. The molecule has 1 N–H and O–H groups in total. The summed E-state index contributed by atoms with van der Waals surface area (Å²) in [4.78, 5) is 3.48. The predicted octanol–water partition coefficient (Wildman–Crippen LogP) is 6.30. The average Bonchev–Trinajstić information content (AvgIpc) is 2.99. The van der Waals surface area contributed by atoms with Gasteiger partial charge in [-0.05, 0) is 26.7 Å². The Kier molecular flexibility index (Phi) is 10.3. The fraction of sp³-hybridized carbons (Fsp3) is 0.850. The van der Waals surface area contributed by atoms with Crippen LogP contribution in [0.4, 0.5) is 0 Å². The molecule has 0 spiro atoms. The van der Waals surface area contributed by atoms with Gasteiger partial charge in [-0.25, -0.2) is 9.55 Å². The van der Waals surface area contributed by atoms with Gasteiger partial charge in [0, 0.05) is 0 Å². The molecule has 1 aromatic rings. The van der Waals surface area contributed by atoms with Crippen molar-refractivity contribution in [2.24, 2.45) is 0 Å². The first-order valence-electron chi connectivity index (χ1n) is 9.79. The number of rotatable bonds is 13. The second-order valence-electron chi connectivity index (χ2n) is 7.07. The Morgan fingerprint density at radius 3 is 2.05 bits per heavy atom. The van der Waals surface area contributed by atoms with Crippen LogP contribution in [0.25, 0.3) is 0 Å². The van der Waals surface area contributed by atoms with E-state index in [1.54, 1.807) is 0 Å². The van der Waals surface area contributed by atoms with Gasteiger partial charge >= 0.3 is 0 Å². The van der Waals surface area contributed by atoms with E-state index in [1.165, 1.54) is 76.5 Å². The maximum Gasteiger partial charge on any atom is 0.257 e. The van der Waals surface area contributed by atoms with Crippen LogP contribution in [-0.2, 0) is 0 Å². The zero-order valence-corrected chi connectivity index (χ0v) is 15.5. The van der Waals surface area contributed by atoms with E-state index in [0.29, 0.717) is 12.0 Å². The van der Waals surface area contributed by atoms with E-state index in [-0.39, 0.29) is 0 Å². The molecule has 2 heteroatoms. The lowest BCUT2D eigenvalue weighted by Gasteiger charge is -2.13. The number of aromatic amines is 1. The highest BCUT2D eigenvalue weighted by Gasteiger charge is 2.22. The molecule has 1 heterocycles. The summed E-state index contributed by atoms with van der Waals surface area (Å²) >= 11 is 0. The molecule has 0 radical (unpaired) electrons. The Bertz CT molecular complexity index is 368. The Morgan fingerprint density at radius 1 is 0.909 bits per heavy atom. The summed E-state index contributed by atoms with van der Waals surface area (Å²) < 4.78 is 2.40. The van der Waals surface area contributed by atoms with Crippen molar-refractivity contribution in [3.63, 3.8) is 0 Å². The number of nitrogens with zero attached hydrogens (tertiary/aromatic N) is 1. The molecule has 128 valence electrons. The van der Waals surface area contributed by atoms with Crippen molar-refractivity contribution >= 4 is 0 Å². The monoisotopic (exact) mass is 307 g/mol. The second kappa shape index (κ2) is 11.7. The molecule has 0 aromatic carbocycles. The van der Waals surface area contributed by atoms with Gasteiger partial charge in [0.25, 0.3) is 5.82 Å². The molecule has 0 fully saturated rings. The Labute approximate surface area is 138 Å². The third-order valence-corrected chi connectivity index (χ3v) is 4.84. The van der Waals surface area contributed by atoms with Crippen molar-refractivity contribution in [3.05, 3.63) is 18.2 Å². The van der Waals surface area contributed by atoms with Gasteiger partial charge < -0.3 is 0 Å². The number of imidazole rings is 1. The molecule has 0 saturated heterocycles. The number of hydrogen-bond acceptors (Lipinski definition) is 0. The molecule has 0 aliphatic rings. The first-order valence-corrected chi connectivity index (χ1v) is 9.79. The first-order chi connectivity index (χ1) is 10.7. The summed E-state index contributed by atoms with van der Waals surface area (Å²) in [6.07, 6.45) is 19.6. The number of aromatic nitrogens is 2. The van der Waals surface area contributed by atoms with E-state index in [9.17, 15) is 0 Å². The summed E-state index contributed by atoms with van der Waals surface area (Å²) in [5, 5.41) is 0. The topological polar surface area (TPSA) is 19.7 Å². The zero-order chi connectivity index (χ0) is 16.2. The summed E-state index contributed by atoms with van der Waals surface area (Å²) in [5.41, 5.74) is 0. The van der Waals surface area contributed by atoms with Crippen LogP contribution in [0.15, 0.2) is 12.4 Å². The van der Waals surface area contributed by atoms with E-state index in [2.05, 4.69) is 49.6 Å². The smallest absolute Gasteiger partial charge is 0.247 e. The molecular weight excluding hydrogens is 268 g/mol. The highest BCUT2D eigenvalue weighted by molar-refractivity contribution is 4.89. The summed E-state index contributed by atoms with van der Waals surface area (Å²) in [7, 11) is 0. The van der Waals surface area contributed by atoms with Crippen molar-refractivity contribution in [1.29, 1.82) is 0 Å². The Morgan fingerprint density at radius 2 is 1.50 bits per heavy atom. The van der Waals surface area contributed by atoms with Crippen LogP contribution in [0.1, 0.15) is 116 Å². The van der Waals surface area contributed by atoms with Gasteiger partial charge in [-0.1, -0.05) is 71.6 Å². The first kappa shape index (κ1) is 19.3. The molecule has 1 atom stereocenters. The van der Waals surface area contributed by atoms with E-state index < -0.39 is 0 Å². The molecular formula is C20H39N2+. The number of unbranched alkanes of at least 4 members (excludes halogenated alkanes) is 8. The maximum atomic E-state index is 3.48. The fourth-order valence-corrected chi connectivity index (χ4v) is 3.37. The third-order valence-electron chi connectivity index (χ3n) is 4.84. The Balaban J connectivity index is 2.18. The van der Waals surface area contributed by atoms with Crippen LogP contribution in [0.2, 0.25) is 0 Å². The highest BCUT2D eigenvalue weighted by atomic mass is 15.1. The molecule has 1 rings (SSSR count). The zero-order valence-electron chi connectivity index (χ0n) is 15.5. The van der Waals surface area contributed by atoms with Crippen molar-refractivity contribution in [2.45, 2.75) is 110 Å². The number of hydrogen-bond donors (Lipinski definition) is 1. The van der Waals surface area contributed by atoms with Crippen LogP contribution in [0.3, 0.4) is 0 Å². The van der Waals surface area contributed by atoms with Crippen LogP contribution in [0.5, 0.6) is 0 Å². The number of H-pyrrole nitrogens is 1. The molecule has 0 aliphatic heterocycles. The van der Waals surface area contributed by atoms with E-state index in [1.807, 2.05) is 0 Å². The fourth-order valence-electron chi connectivity index (χ4n) is 3.37.